The van der Waals surface area contributed by atoms with E-state index in [1.165, 1.54) is 25.7 Å². The number of methoxy groups -OCH3 is 1. The van der Waals surface area contributed by atoms with Gasteiger partial charge in [0.15, 0.2) is 0 Å². The molecule has 4 nitrogen and oxygen atoms in total. The van der Waals surface area contributed by atoms with Gasteiger partial charge in [0.25, 0.3) is 5.91 Å². The van der Waals surface area contributed by atoms with Crippen LogP contribution in [0.25, 0.3) is 0 Å². The Morgan fingerprint density at radius 1 is 1.50 bits per heavy atom. The van der Waals surface area contributed by atoms with Gasteiger partial charge < -0.3 is 14.8 Å². The van der Waals surface area contributed by atoms with Crippen molar-refractivity contribution in [2.24, 2.45) is 0 Å². The Labute approximate surface area is 118 Å². The van der Waals surface area contributed by atoms with Gasteiger partial charge in [0, 0.05) is 19.2 Å². The van der Waals surface area contributed by atoms with E-state index in [-0.39, 0.29) is 11.7 Å². The Kier molecular flexibility index (Phi) is 5.35. The minimum Gasteiger partial charge on any atom is -0.497 e. The van der Waals surface area contributed by atoms with Crippen LogP contribution in [0.1, 0.15) is 36.0 Å². The van der Waals surface area contributed by atoms with Crippen LogP contribution < -0.4 is 10.1 Å². The van der Waals surface area contributed by atoms with Crippen LogP contribution in [0.5, 0.6) is 5.75 Å². The maximum Gasteiger partial charge on any atom is 0.254 e. The maximum absolute atomic E-state index is 13.7. The van der Waals surface area contributed by atoms with Crippen LogP contribution in [-0.2, 0) is 4.74 Å². The van der Waals surface area contributed by atoms with E-state index in [0.717, 1.165) is 25.9 Å². The van der Waals surface area contributed by atoms with Gasteiger partial charge in [-0.1, -0.05) is 0 Å². The molecule has 5 heteroatoms. The van der Waals surface area contributed by atoms with Crippen LogP contribution >= 0.6 is 0 Å². The second kappa shape index (κ2) is 7.24. The van der Waals surface area contributed by atoms with E-state index in [9.17, 15) is 9.18 Å². The van der Waals surface area contributed by atoms with Crippen molar-refractivity contribution >= 4 is 5.91 Å². The first-order chi connectivity index (χ1) is 9.70. The normalized spacial score (nSPS) is 18.6. The fraction of sp³-hybridized carbons (Fsp3) is 0.533. The Morgan fingerprint density at radius 2 is 2.35 bits per heavy atom. The summed E-state index contributed by atoms with van der Waals surface area (Å²) in [5.74, 6) is -0.577. The van der Waals surface area contributed by atoms with Gasteiger partial charge >= 0.3 is 0 Å². The molecule has 20 heavy (non-hydrogen) atoms. The van der Waals surface area contributed by atoms with Crippen LogP contribution in [0.15, 0.2) is 18.2 Å². The summed E-state index contributed by atoms with van der Waals surface area (Å²) in [6.45, 7) is 1.29. The molecule has 0 saturated carbocycles. The molecule has 0 radical (unpaired) electrons. The average molecular weight is 281 g/mol. The van der Waals surface area contributed by atoms with E-state index < -0.39 is 11.7 Å². The largest absolute Gasteiger partial charge is 0.497 e. The number of amides is 1. The molecule has 1 aliphatic rings. The number of nitrogens with one attached hydrogen (secondary N) is 1. The maximum atomic E-state index is 13.7. The standard InChI is InChI=1S/C15H20FNO3/c1-19-12-5-6-13(14(16)10-12)15(18)17-8-7-11-4-2-3-9-20-11/h5-6,10-11H,2-4,7-9H2,1H3,(H,17,18). The van der Waals surface area contributed by atoms with Crippen molar-refractivity contribution in [3.8, 4) is 5.75 Å². The van der Waals surface area contributed by atoms with Crippen LogP contribution in [0.2, 0.25) is 0 Å². The highest BCUT2D eigenvalue weighted by Gasteiger charge is 2.15. The van der Waals surface area contributed by atoms with E-state index in [2.05, 4.69) is 5.32 Å². The van der Waals surface area contributed by atoms with Gasteiger partial charge in [0.05, 0.1) is 18.8 Å². The summed E-state index contributed by atoms with van der Waals surface area (Å²) in [7, 11) is 1.46. The number of benzene rings is 1. The fourth-order valence-corrected chi connectivity index (χ4v) is 2.28. The molecule has 1 unspecified atom stereocenters. The third-order valence-corrected chi connectivity index (χ3v) is 3.45. The van der Waals surface area contributed by atoms with E-state index >= 15 is 0 Å². The lowest BCUT2D eigenvalue weighted by molar-refractivity contribution is 0.0117. The summed E-state index contributed by atoms with van der Waals surface area (Å²) in [4.78, 5) is 11.9. The first-order valence-corrected chi connectivity index (χ1v) is 6.94. The van der Waals surface area contributed by atoms with Crippen molar-refractivity contribution < 1.29 is 18.7 Å². The van der Waals surface area contributed by atoms with Crippen molar-refractivity contribution in [1.29, 1.82) is 0 Å². The molecule has 1 aromatic rings. The van der Waals surface area contributed by atoms with Crippen LogP contribution in [0.4, 0.5) is 4.39 Å². The van der Waals surface area contributed by atoms with E-state index in [1.54, 1.807) is 6.07 Å². The van der Waals surface area contributed by atoms with E-state index in [0.29, 0.717) is 12.3 Å². The second-order valence-electron chi connectivity index (χ2n) is 4.88. The average Bonchev–Trinajstić information content (AvgIpc) is 2.48. The summed E-state index contributed by atoms with van der Waals surface area (Å²) in [6.07, 6.45) is 4.30. The molecule has 1 saturated heterocycles. The Bertz CT molecular complexity index is 458. The highest BCUT2D eigenvalue weighted by atomic mass is 19.1. The number of hydrogen-bond donors (Lipinski definition) is 1. The number of ether oxygens (including phenoxy) is 2. The van der Waals surface area contributed by atoms with Gasteiger partial charge in [-0.25, -0.2) is 4.39 Å². The Balaban J connectivity index is 1.82. The fourth-order valence-electron chi connectivity index (χ4n) is 2.28. The molecule has 0 aromatic heterocycles. The molecule has 0 bridgehead atoms. The minimum absolute atomic E-state index is 0.0374. The third-order valence-electron chi connectivity index (χ3n) is 3.45. The number of halogens is 1. The van der Waals surface area contributed by atoms with Crippen molar-refractivity contribution in [2.45, 2.75) is 31.8 Å². The molecule has 0 spiro atoms. The molecule has 0 aliphatic carbocycles. The topological polar surface area (TPSA) is 47.6 Å². The summed E-state index contributed by atoms with van der Waals surface area (Å²) < 4.78 is 24.2. The number of carbonyl (C=O) groups is 1. The van der Waals surface area contributed by atoms with Crippen LogP contribution in [0.3, 0.4) is 0 Å². The first kappa shape index (κ1) is 14.8. The molecular weight excluding hydrogens is 261 g/mol. The lowest BCUT2D eigenvalue weighted by Crippen LogP contribution is -2.29. The number of rotatable bonds is 5. The summed E-state index contributed by atoms with van der Waals surface area (Å²) in [5, 5.41) is 2.72. The highest BCUT2D eigenvalue weighted by Crippen LogP contribution is 2.17. The molecule has 1 amide bonds. The zero-order chi connectivity index (χ0) is 14.4. The lowest BCUT2D eigenvalue weighted by atomic mass is 10.1. The molecule has 1 aliphatic heterocycles. The first-order valence-electron chi connectivity index (χ1n) is 6.94. The Hall–Kier alpha value is -1.62. The number of hydrogen-bond acceptors (Lipinski definition) is 3. The summed E-state index contributed by atoms with van der Waals surface area (Å²) >= 11 is 0. The molecule has 2 rings (SSSR count). The molecule has 1 atom stereocenters. The van der Waals surface area contributed by atoms with Gasteiger partial charge in [-0.2, -0.15) is 0 Å². The summed E-state index contributed by atoms with van der Waals surface area (Å²) in [6, 6.07) is 4.21. The van der Waals surface area contributed by atoms with Crippen LogP contribution in [-0.4, -0.2) is 32.3 Å². The Morgan fingerprint density at radius 3 is 3.00 bits per heavy atom. The molecule has 1 aromatic carbocycles. The predicted molar refractivity (Wildman–Crippen MR) is 73.5 cm³/mol. The van der Waals surface area contributed by atoms with E-state index in [4.69, 9.17) is 9.47 Å². The zero-order valence-corrected chi connectivity index (χ0v) is 11.7. The second-order valence-corrected chi connectivity index (χ2v) is 4.88. The number of carbonyl (C=O) groups excluding carboxylic acids is 1. The van der Waals surface area contributed by atoms with Crippen molar-refractivity contribution in [1.82, 2.24) is 5.32 Å². The van der Waals surface area contributed by atoms with Gasteiger partial charge in [-0.15, -0.1) is 0 Å². The minimum atomic E-state index is -0.573. The highest BCUT2D eigenvalue weighted by molar-refractivity contribution is 5.94. The molecule has 1 heterocycles. The quantitative estimate of drug-likeness (QED) is 0.902. The SMILES string of the molecule is COc1ccc(C(=O)NCCC2CCCCO2)c(F)c1. The summed E-state index contributed by atoms with van der Waals surface area (Å²) in [5.41, 5.74) is 0.0374. The van der Waals surface area contributed by atoms with E-state index in [1.807, 2.05) is 0 Å². The third kappa shape index (κ3) is 3.93. The molecule has 1 fully saturated rings. The molecule has 110 valence electrons. The predicted octanol–water partition coefficient (Wildman–Crippen LogP) is 2.52. The molecule has 1 N–H and O–H groups in total. The smallest absolute Gasteiger partial charge is 0.254 e. The van der Waals surface area contributed by atoms with Gasteiger partial charge in [-0.3, -0.25) is 4.79 Å². The van der Waals surface area contributed by atoms with Crippen molar-refractivity contribution in [2.75, 3.05) is 20.3 Å². The van der Waals surface area contributed by atoms with Crippen molar-refractivity contribution in [3.63, 3.8) is 0 Å². The van der Waals surface area contributed by atoms with Gasteiger partial charge in [0.1, 0.15) is 11.6 Å². The van der Waals surface area contributed by atoms with Crippen LogP contribution in [0, 0.1) is 5.82 Å². The monoisotopic (exact) mass is 281 g/mol. The zero-order valence-electron chi connectivity index (χ0n) is 11.7. The van der Waals surface area contributed by atoms with Gasteiger partial charge in [0.2, 0.25) is 0 Å². The van der Waals surface area contributed by atoms with Crippen molar-refractivity contribution in [3.05, 3.63) is 29.6 Å². The lowest BCUT2D eigenvalue weighted by Gasteiger charge is -2.22. The molecular formula is C15H20FNO3. The van der Waals surface area contributed by atoms with Gasteiger partial charge in [-0.05, 0) is 37.8 Å².